The molecule has 0 heterocycles. The Labute approximate surface area is 112 Å². The molecule has 0 fully saturated rings. The van der Waals surface area contributed by atoms with Crippen molar-refractivity contribution in [2.45, 2.75) is 19.9 Å². The average Bonchev–Trinajstić information content (AvgIpc) is 2.40. The molecule has 0 radical (unpaired) electrons. The van der Waals surface area contributed by atoms with E-state index in [9.17, 15) is 10.1 Å². The van der Waals surface area contributed by atoms with Gasteiger partial charge in [-0.2, -0.15) is 0 Å². The van der Waals surface area contributed by atoms with Crippen molar-refractivity contribution in [3.8, 4) is 5.75 Å². The monoisotopic (exact) mass is 268 g/mol. The lowest BCUT2D eigenvalue weighted by Gasteiger charge is -2.08. The summed E-state index contributed by atoms with van der Waals surface area (Å²) in [5, 5.41) is 13.9. The largest absolute Gasteiger partial charge is 0.487 e. The molecule has 0 saturated heterocycles. The van der Waals surface area contributed by atoms with E-state index in [0.717, 1.165) is 5.56 Å². The summed E-state index contributed by atoms with van der Waals surface area (Å²) in [6.45, 7) is 4.19. The molecule has 1 N–H and O–H groups in total. The first kappa shape index (κ1) is 15.4. The Kier molecular flexibility index (Phi) is 6.84. The molecule has 0 aliphatic rings. The molecular formula is C13H20N2O4. The van der Waals surface area contributed by atoms with E-state index in [1.165, 1.54) is 6.07 Å². The van der Waals surface area contributed by atoms with Crippen LogP contribution in [0, 0.1) is 10.1 Å². The molecular weight excluding hydrogens is 248 g/mol. The Morgan fingerprint density at radius 3 is 2.79 bits per heavy atom. The van der Waals surface area contributed by atoms with Gasteiger partial charge in [0.25, 0.3) is 0 Å². The molecule has 0 amide bonds. The minimum Gasteiger partial charge on any atom is -0.487 e. The van der Waals surface area contributed by atoms with Crippen molar-refractivity contribution in [1.29, 1.82) is 0 Å². The molecule has 0 bridgehead atoms. The quantitative estimate of drug-likeness (QED) is 0.422. The average molecular weight is 268 g/mol. The topological polar surface area (TPSA) is 73.6 Å². The number of benzene rings is 1. The van der Waals surface area contributed by atoms with Crippen molar-refractivity contribution in [2.75, 3.05) is 26.9 Å². The van der Waals surface area contributed by atoms with E-state index >= 15 is 0 Å². The van der Waals surface area contributed by atoms with Crippen molar-refractivity contribution in [3.05, 3.63) is 33.9 Å². The fraction of sp³-hybridized carbons (Fsp3) is 0.538. The van der Waals surface area contributed by atoms with Crippen LogP contribution in [-0.2, 0) is 11.3 Å². The molecule has 0 aliphatic heterocycles. The summed E-state index contributed by atoms with van der Waals surface area (Å²) in [4.78, 5) is 10.6. The zero-order valence-electron chi connectivity index (χ0n) is 11.3. The Morgan fingerprint density at radius 1 is 1.37 bits per heavy atom. The third kappa shape index (κ3) is 5.23. The van der Waals surface area contributed by atoms with Crippen LogP contribution in [0.4, 0.5) is 5.69 Å². The first-order chi connectivity index (χ1) is 9.19. The van der Waals surface area contributed by atoms with Crippen molar-refractivity contribution < 1.29 is 14.4 Å². The van der Waals surface area contributed by atoms with E-state index in [4.69, 9.17) is 9.47 Å². The minimum absolute atomic E-state index is 0.00385. The van der Waals surface area contributed by atoms with Crippen LogP contribution in [0.25, 0.3) is 0 Å². The summed E-state index contributed by atoms with van der Waals surface area (Å²) < 4.78 is 10.6. The highest BCUT2D eigenvalue weighted by Crippen LogP contribution is 2.28. The number of rotatable bonds is 9. The number of nitrogens with zero attached hydrogens (tertiary/aromatic N) is 1. The van der Waals surface area contributed by atoms with E-state index in [2.05, 4.69) is 5.32 Å². The summed E-state index contributed by atoms with van der Waals surface area (Å²) >= 11 is 0. The lowest BCUT2D eigenvalue weighted by Crippen LogP contribution is -2.07. The van der Waals surface area contributed by atoms with Crippen LogP contribution < -0.4 is 10.1 Å². The molecule has 0 unspecified atom stereocenters. The molecule has 106 valence electrons. The summed E-state index contributed by atoms with van der Waals surface area (Å²) in [6.07, 6.45) is 0.712. The fourth-order valence-corrected chi connectivity index (χ4v) is 1.63. The zero-order chi connectivity index (χ0) is 14.1. The van der Waals surface area contributed by atoms with Gasteiger partial charge in [-0.1, -0.05) is 6.07 Å². The van der Waals surface area contributed by atoms with E-state index in [-0.39, 0.29) is 5.69 Å². The Morgan fingerprint density at radius 2 is 2.16 bits per heavy atom. The van der Waals surface area contributed by atoms with Gasteiger partial charge in [-0.3, -0.25) is 10.1 Å². The maximum absolute atomic E-state index is 11.0. The Balaban J connectivity index is 2.63. The van der Waals surface area contributed by atoms with Gasteiger partial charge in [-0.05, 0) is 25.6 Å². The first-order valence-corrected chi connectivity index (χ1v) is 6.31. The number of nitro benzene ring substituents is 1. The van der Waals surface area contributed by atoms with E-state index in [0.29, 0.717) is 38.5 Å². The predicted octanol–water partition coefficient (Wildman–Crippen LogP) is 2.12. The van der Waals surface area contributed by atoms with Crippen LogP contribution in [-0.4, -0.2) is 31.8 Å². The summed E-state index contributed by atoms with van der Waals surface area (Å²) in [6, 6.07) is 5.00. The molecule has 0 atom stereocenters. The highest BCUT2D eigenvalue weighted by Gasteiger charge is 2.15. The maximum atomic E-state index is 11.0. The van der Waals surface area contributed by atoms with Crippen LogP contribution >= 0.6 is 0 Å². The van der Waals surface area contributed by atoms with Crippen LogP contribution in [0.3, 0.4) is 0 Å². The summed E-state index contributed by atoms with van der Waals surface area (Å²) in [5.41, 5.74) is 0.861. The third-order valence-electron chi connectivity index (χ3n) is 2.50. The molecule has 0 saturated carbocycles. The molecule has 1 rings (SSSR count). The molecule has 0 spiro atoms. The second kappa shape index (κ2) is 8.44. The van der Waals surface area contributed by atoms with Gasteiger partial charge in [0.05, 0.1) is 11.5 Å². The summed E-state index contributed by atoms with van der Waals surface area (Å²) in [7, 11) is 1.80. The Bertz CT molecular complexity index is 410. The molecule has 0 aromatic heterocycles. The molecule has 19 heavy (non-hydrogen) atoms. The normalized spacial score (nSPS) is 10.4. The number of nitro groups is 1. The van der Waals surface area contributed by atoms with Gasteiger partial charge in [0.1, 0.15) is 0 Å². The van der Waals surface area contributed by atoms with Gasteiger partial charge in [-0.15, -0.1) is 0 Å². The molecule has 0 aliphatic carbocycles. The van der Waals surface area contributed by atoms with Gasteiger partial charge >= 0.3 is 5.69 Å². The second-order valence-electron chi connectivity index (χ2n) is 3.99. The number of nitrogens with one attached hydrogen (secondary N) is 1. The molecule has 6 nitrogen and oxygen atoms in total. The van der Waals surface area contributed by atoms with E-state index in [1.54, 1.807) is 13.1 Å². The highest BCUT2D eigenvalue weighted by molar-refractivity contribution is 5.48. The lowest BCUT2D eigenvalue weighted by molar-refractivity contribution is -0.385. The van der Waals surface area contributed by atoms with Crippen molar-refractivity contribution >= 4 is 5.69 Å². The number of ether oxygens (including phenoxy) is 2. The summed E-state index contributed by atoms with van der Waals surface area (Å²) in [5.74, 6) is 0.307. The van der Waals surface area contributed by atoms with Gasteiger partial charge < -0.3 is 14.8 Å². The second-order valence-corrected chi connectivity index (χ2v) is 3.99. The molecule has 1 aromatic carbocycles. The number of hydrogen-bond donors (Lipinski definition) is 1. The lowest BCUT2D eigenvalue weighted by atomic mass is 10.2. The van der Waals surface area contributed by atoms with Gasteiger partial charge in [-0.25, -0.2) is 0 Å². The van der Waals surface area contributed by atoms with Crippen molar-refractivity contribution in [2.24, 2.45) is 0 Å². The van der Waals surface area contributed by atoms with Crippen molar-refractivity contribution in [3.63, 3.8) is 0 Å². The standard InChI is InChI=1S/C13H20N2O4/c1-3-18-7-4-8-19-13-6-5-11(10-14-2)9-12(13)15(16)17/h5-6,9,14H,3-4,7-8,10H2,1-2H3. The SMILES string of the molecule is CCOCCCOc1ccc(CNC)cc1[N+](=O)[O-]. The van der Waals surface area contributed by atoms with E-state index in [1.807, 2.05) is 13.0 Å². The van der Waals surface area contributed by atoms with E-state index < -0.39 is 4.92 Å². The van der Waals surface area contributed by atoms with Crippen LogP contribution in [0.15, 0.2) is 18.2 Å². The minimum atomic E-state index is -0.420. The van der Waals surface area contributed by atoms with Crippen LogP contribution in [0.1, 0.15) is 18.9 Å². The van der Waals surface area contributed by atoms with Gasteiger partial charge in [0.2, 0.25) is 0 Å². The van der Waals surface area contributed by atoms with Crippen LogP contribution in [0.2, 0.25) is 0 Å². The third-order valence-corrected chi connectivity index (χ3v) is 2.50. The zero-order valence-corrected chi connectivity index (χ0v) is 11.3. The van der Waals surface area contributed by atoms with Gasteiger partial charge in [0.15, 0.2) is 5.75 Å². The molecule has 6 heteroatoms. The smallest absolute Gasteiger partial charge is 0.311 e. The first-order valence-electron chi connectivity index (χ1n) is 6.31. The Hall–Kier alpha value is -1.66. The van der Waals surface area contributed by atoms with Crippen LogP contribution in [0.5, 0.6) is 5.75 Å². The van der Waals surface area contributed by atoms with Crippen molar-refractivity contribution in [1.82, 2.24) is 5.32 Å². The fourth-order valence-electron chi connectivity index (χ4n) is 1.63. The maximum Gasteiger partial charge on any atom is 0.311 e. The highest BCUT2D eigenvalue weighted by atomic mass is 16.6. The van der Waals surface area contributed by atoms with Gasteiger partial charge in [0, 0.05) is 32.2 Å². The number of hydrogen-bond acceptors (Lipinski definition) is 5. The molecule has 1 aromatic rings. The predicted molar refractivity (Wildman–Crippen MR) is 72.5 cm³/mol.